The maximum absolute atomic E-state index is 6.16. The molecular formula is C14H22ClN5O2. The molecule has 1 atom stereocenters. The van der Waals surface area contributed by atoms with Crippen LogP contribution in [0.5, 0.6) is 0 Å². The van der Waals surface area contributed by atoms with Crippen LogP contribution in [0.1, 0.15) is 12.8 Å². The number of rotatable bonds is 4. The summed E-state index contributed by atoms with van der Waals surface area (Å²) in [5.41, 5.74) is 5.68. The van der Waals surface area contributed by atoms with E-state index in [1.165, 1.54) is 6.33 Å². The number of hydrogen-bond acceptors (Lipinski definition) is 7. The monoisotopic (exact) mass is 327 g/mol. The number of nitrogens with two attached hydrogens (primary N) is 1. The molecule has 0 amide bonds. The molecule has 22 heavy (non-hydrogen) atoms. The van der Waals surface area contributed by atoms with E-state index in [1.807, 2.05) is 0 Å². The third-order valence-electron chi connectivity index (χ3n) is 4.38. The summed E-state index contributed by atoms with van der Waals surface area (Å²) >= 11 is 6.16. The molecule has 0 bridgehead atoms. The van der Waals surface area contributed by atoms with E-state index < -0.39 is 0 Å². The Kier molecular flexibility index (Phi) is 4.97. The van der Waals surface area contributed by atoms with Crippen molar-refractivity contribution >= 4 is 23.2 Å². The number of ether oxygens (including phenoxy) is 2. The molecule has 3 N–H and O–H groups in total. The molecule has 3 heterocycles. The fourth-order valence-electron chi connectivity index (χ4n) is 3.13. The van der Waals surface area contributed by atoms with Gasteiger partial charge in [-0.05, 0) is 12.8 Å². The summed E-state index contributed by atoms with van der Waals surface area (Å²) < 4.78 is 11.2. The zero-order chi connectivity index (χ0) is 15.4. The van der Waals surface area contributed by atoms with Crippen LogP contribution in [0.25, 0.3) is 0 Å². The molecule has 0 saturated carbocycles. The van der Waals surface area contributed by atoms with Crippen molar-refractivity contribution in [1.82, 2.24) is 14.9 Å². The highest BCUT2D eigenvalue weighted by Gasteiger charge is 2.39. The molecule has 1 unspecified atom stereocenters. The van der Waals surface area contributed by atoms with Gasteiger partial charge in [0.15, 0.2) is 5.82 Å². The summed E-state index contributed by atoms with van der Waals surface area (Å²) in [5.74, 6) is 0.867. The van der Waals surface area contributed by atoms with Crippen LogP contribution in [-0.4, -0.2) is 66.5 Å². The number of hydrogen-bond donors (Lipinski definition) is 2. The van der Waals surface area contributed by atoms with Crippen molar-refractivity contribution in [2.24, 2.45) is 0 Å². The first-order valence-corrected chi connectivity index (χ1v) is 7.99. The van der Waals surface area contributed by atoms with Crippen LogP contribution in [0.4, 0.5) is 11.6 Å². The average Bonchev–Trinajstić information content (AvgIpc) is 2.58. The Hall–Kier alpha value is -1.15. The molecule has 1 aromatic rings. The van der Waals surface area contributed by atoms with Gasteiger partial charge >= 0.3 is 0 Å². The van der Waals surface area contributed by atoms with Crippen LogP contribution in [0, 0.1) is 0 Å². The highest BCUT2D eigenvalue weighted by Crippen LogP contribution is 2.29. The van der Waals surface area contributed by atoms with E-state index in [2.05, 4.69) is 20.2 Å². The van der Waals surface area contributed by atoms with Gasteiger partial charge in [0.1, 0.15) is 17.2 Å². The van der Waals surface area contributed by atoms with Gasteiger partial charge in [-0.3, -0.25) is 4.90 Å². The molecular weight excluding hydrogens is 306 g/mol. The second kappa shape index (κ2) is 6.95. The first kappa shape index (κ1) is 15.7. The topological polar surface area (TPSA) is 85.5 Å². The summed E-state index contributed by atoms with van der Waals surface area (Å²) in [6.45, 7) is 5.62. The summed E-state index contributed by atoms with van der Waals surface area (Å²) in [6, 6.07) is 0. The highest BCUT2D eigenvalue weighted by molar-refractivity contribution is 6.35. The number of nitrogens with zero attached hydrogens (tertiary/aromatic N) is 3. The molecule has 2 aliphatic heterocycles. The van der Waals surface area contributed by atoms with Crippen molar-refractivity contribution in [3.8, 4) is 0 Å². The maximum Gasteiger partial charge on any atom is 0.150 e. The predicted octanol–water partition coefficient (Wildman–Crippen LogP) is 1.01. The normalized spacial score (nSPS) is 26.8. The minimum Gasteiger partial charge on any atom is -0.382 e. The number of nitrogen functional groups attached to an aromatic ring is 1. The summed E-state index contributed by atoms with van der Waals surface area (Å²) in [6.07, 6.45) is 3.55. The second-order valence-corrected chi connectivity index (χ2v) is 6.13. The van der Waals surface area contributed by atoms with Gasteiger partial charge in [-0.2, -0.15) is 0 Å². The van der Waals surface area contributed by atoms with Crippen LogP contribution in [0.2, 0.25) is 5.02 Å². The quantitative estimate of drug-likeness (QED) is 0.853. The SMILES string of the molecule is Nc1ncnc(NCC2(N3CCOCC3)CCCOC2)c1Cl. The van der Waals surface area contributed by atoms with Crippen molar-refractivity contribution in [3.63, 3.8) is 0 Å². The van der Waals surface area contributed by atoms with Gasteiger partial charge < -0.3 is 20.5 Å². The largest absolute Gasteiger partial charge is 0.382 e. The van der Waals surface area contributed by atoms with Gasteiger partial charge in [0.2, 0.25) is 0 Å². The molecule has 8 heteroatoms. The lowest BCUT2D eigenvalue weighted by Crippen LogP contribution is -2.61. The zero-order valence-corrected chi connectivity index (χ0v) is 13.3. The molecule has 7 nitrogen and oxygen atoms in total. The Morgan fingerprint density at radius 2 is 2.09 bits per heavy atom. The number of nitrogens with one attached hydrogen (secondary N) is 1. The van der Waals surface area contributed by atoms with E-state index in [0.717, 1.165) is 45.8 Å². The van der Waals surface area contributed by atoms with Gasteiger partial charge in [-0.25, -0.2) is 9.97 Å². The second-order valence-electron chi connectivity index (χ2n) is 5.75. The van der Waals surface area contributed by atoms with E-state index in [4.69, 9.17) is 26.8 Å². The first-order chi connectivity index (χ1) is 10.7. The predicted molar refractivity (Wildman–Crippen MR) is 85.1 cm³/mol. The molecule has 0 radical (unpaired) electrons. The Morgan fingerprint density at radius 3 is 2.82 bits per heavy atom. The fourth-order valence-corrected chi connectivity index (χ4v) is 3.30. The molecule has 2 aliphatic rings. The molecule has 2 saturated heterocycles. The summed E-state index contributed by atoms with van der Waals surface area (Å²) in [5, 5.41) is 3.71. The van der Waals surface area contributed by atoms with Gasteiger partial charge in [-0.1, -0.05) is 11.6 Å². The van der Waals surface area contributed by atoms with E-state index in [0.29, 0.717) is 29.8 Å². The van der Waals surface area contributed by atoms with E-state index in [9.17, 15) is 0 Å². The lowest BCUT2D eigenvalue weighted by Gasteiger charge is -2.47. The van der Waals surface area contributed by atoms with E-state index in [1.54, 1.807) is 0 Å². The van der Waals surface area contributed by atoms with Gasteiger partial charge in [0, 0.05) is 26.2 Å². The van der Waals surface area contributed by atoms with Crippen molar-refractivity contribution in [2.75, 3.05) is 57.1 Å². The van der Waals surface area contributed by atoms with E-state index >= 15 is 0 Å². The average molecular weight is 328 g/mol. The Morgan fingerprint density at radius 1 is 1.27 bits per heavy atom. The Balaban J connectivity index is 1.73. The van der Waals surface area contributed by atoms with Crippen LogP contribution < -0.4 is 11.1 Å². The maximum atomic E-state index is 6.16. The first-order valence-electron chi connectivity index (χ1n) is 7.62. The van der Waals surface area contributed by atoms with Crippen molar-refractivity contribution < 1.29 is 9.47 Å². The Bertz CT molecular complexity index is 504. The molecule has 1 aromatic heterocycles. The molecule has 0 aromatic carbocycles. The Labute approximate surface area is 135 Å². The van der Waals surface area contributed by atoms with Gasteiger partial charge in [-0.15, -0.1) is 0 Å². The van der Waals surface area contributed by atoms with Crippen LogP contribution in [0.15, 0.2) is 6.33 Å². The number of anilines is 2. The molecule has 0 aliphatic carbocycles. The minimum atomic E-state index is -0.0505. The highest BCUT2D eigenvalue weighted by atomic mass is 35.5. The third-order valence-corrected chi connectivity index (χ3v) is 4.76. The van der Waals surface area contributed by atoms with Crippen molar-refractivity contribution in [1.29, 1.82) is 0 Å². The smallest absolute Gasteiger partial charge is 0.150 e. The van der Waals surface area contributed by atoms with E-state index in [-0.39, 0.29) is 5.54 Å². The number of aromatic nitrogens is 2. The van der Waals surface area contributed by atoms with Crippen LogP contribution in [0.3, 0.4) is 0 Å². The van der Waals surface area contributed by atoms with Crippen LogP contribution >= 0.6 is 11.6 Å². The summed E-state index contributed by atoms with van der Waals surface area (Å²) in [4.78, 5) is 10.5. The lowest BCUT2D eigenvalue weighted by atomic mass is 9.89. The molecule has 0 spiro atoms. The third kappa shape index (κ3) is 3.27. The van der Waals surface area contributed by atoms with Gasteiger partial charge in [0.25, 0.3) is 0 Å². The summed E-state index contributed by atoms with van der Waals surface area (Å²) in [7, 11) is 0. The lowest BCUT2D eigenvalue weighted by molar-refractivity contribution is -0.0800. The number of morpholine rings is 1. The van der Waals surface area contributed by atoms with Crippen molar-refractivity contribution in [2.45, 2.75) is 18.4 Å². The molecule has 2 fully saturated rings. The fraction of sp³-hybridized carbons (Fsp3) is 0.714. The van der Waals surface area contributed by atoms with Gasteiger partial charge in [0.05, 0.1) is 25.4 Å². The minimum absolute atomic E-state index is 0.0505. The molecule has 3 rings (SSSR count). The molecule has 122 valence electrons. The standard InChI is InChI=1S/C14H22ClN5O2/c15-11-12(16)18-10-19-13(11)17-8-14(2-1-5-22-9-14)20-3-6-21-7-4-20/h10H,1-9H2,(H3,16,17,18,19). The number of halogens is 1. The van der Waals surface area contributed by atoms with Crippen molar-refractivity contribution in [3.05, 3.63) is 11.3 Å². The van der Waals surface area contributed by atoms with Crippen LogP contribution in [-0.2, 0) is 9.47 Å². The zero-order valence-electron chi connectivity index (χ0n) is 12.6.